The Hall–Kier alpha value is -0.650. The predicted molar refractivity (Wildman–Crippen MR) is 68.4 cm³/mol. The van der Waals surface area contributed by atoms with Crippen molar-refractivity contribution in [3.63, 3.8) is 0 Å². The van der Waals surface area contributed by atoms with E-state index in [0.29, 0.717) is 19.1 Å². The molecule has 2 aliphatic rings. The Kier molecular flexibility index (Phi) is 4.59. The van der Waals surface area contributed by atoms with E-state index in [1.165, 1.54) is 0 Å². The molecular weight excluding hydrogens is 232 g/mol. The van der Waals surface area contributed by atoms with E-state index in [1.54, 1.807) is 7.05 Å². The molecular formula is C13H24N2O3. The first kappa shape index (κ1) is 13.8. The highest BCUT2D eigenvalue weighted by atomic mass is 16.5. The first-order valence-electron chi connectivity index (χ1n) is 6.80. The third-order valence-electron chi connectivity index (χ3n) is 3.92. The standard InChI is InChI=1S/C13H24N2O3/c1-13(12(16)14-2)10-15(5-8-18-13)9-11-3-6-17-7-4-11/h11H,3-10H2,1-2H3,(H,14,16). The molecule has 0 aromatic carbocycles. The molecule has 0 saturated carbocycles. The summed E-state index contributed by atoms with van der Waals surface area (Å²) in [6.45, 7) is 6.92. The molecule has 2 saturated heterocycles. The number of rotatable bonds is 3. The van der Waals surface area contributed by atoms with E-state index < -0.39 is 5.60 Å². The minimum atomic E-state index is -0.696. The van der Waals surface area contributed by atoms with Gasteiger partial charge in [-0.1, -0.05) is 0 Å². The van der Waals surface area contributed by atoms with Crippen molar-refractivity contribution in [3.05, 3.63) is 0 Å². The van der Waals surface area contributed by atoms with Crippen LogP contribution in [0.3, 0.4) is 0 Å². The molecule has 0 aliphatic carbocycles. The van der Waals surface area contributed by atoms with Gasteiger partial charge in [-0.3, -0.25) is 9.69 Å². The summed E-state index contributed by atoms with van der Waals surface area (Å²) in [4.78, 5) is 14.2. The summed E-state index contributed by atoms with van der Waals surface area (Å²) in [6.07, 6.45) is 2.27. The molecule has 1 unspecified atom stereocenters. The number of carbonyl (C=O) groups excluding carboxylic acids is 1. The lowest BCUT2D eigenvalue weighted by molar-refractivity contribution is -0.156. The van der Waals surface area contributed by atoms with Gasteiger partial charge in [-0.2, -0.15) is 0 Å². The molecule has 0 radical (unpaired) electrons. The number of amides is 1. The SMILES string of the molecule is CNC(=O)C1(C)CN(CC2CCOCC2)CCO1. The van der Waals surface area contributed by atoms with Crippen molar-refractivity contribution in [3.8, 4) is 0 Å². The summed E-state index contributed by atoms with van der Waals surface area (Å²) >= 11 is 0. The Labute approximate surface area is 109 Å². The fourth-order valence-electron chi connectivity index (χ4n) is 2.80. The van der Waals surface area contributed by atoms with Gasteiger partial charge in [0.1, 0.15) is 0 Å². The van der Waals surface area contributed by atoms with Gasteiger partial charge in [0, 0.05) is 39.9 Å². The lowest BCUT2D eigenvalue weighted by atomic mass is 9.97. The zero-order chi connectivity index (χ0) is 13.0. The van der Waals surface area contributed by atoms with Crippen LogP contribution in [-0.4, -0.2) is 62.9 Å². The van der Waals surface area contributed by atoms with E-state index in [0.717, 1.165) is 39.1 Å². The Morgan fingerprint density at radius 2 is 2.11 bits per heavy atom. The molecule has 0 bridgehead atoms. The van der Waals surface area contributed by atoms with Gasteiger partial charge < -0.3 is 14.8 Å². The van der Waals surface area contributed by atoms with E-state index in [4.69, 9.17) is 9.47 Å². The van der Waals surface area contributed by atoms with Crippen LogP contribution in [0.25, 0.3) is 0 Å². The minimum Gasteiger partial charge on any atom is -0.381 e. The maximum atomic E-state index is 11.8. The maximum absolute atomic E-state index is 11.8. The molecule has 5 heteroatoms. The first-order chi connectivity index (χ1) is 8.64. The number of morpholine rings is 1. The topological polar surface area (TPSA) is 50.8 Å². The van der Waals surface area contributed by atoms with Gasteiger partial charge in [0.15, 0.2) is 5.60 Å². The molecule has 2 heterocycles. The van der Waals surface area contributed by atoms with Gasteiger partial charge in [0.05, 0.1) is 6.61 Å². The number of hydrogen-bond donors (Lipinski definition) is 1. The number of hydrogen-bond acceptors (Lipinski definition) is 4. The Balaban J connectivity index is 1.87. The molecule has 2 fully saturated rings. The molecule has 0 spiro atoms. The highest BCUT2D eigenvalue weighted by molar-refractivity contribution is 5.84. The number of nitrogens with zero attached hydrogens (tertiary/aromatic N) is 1. The van der Waals surface area contributed by atoms with Crippen LogP contribution in [0.5, 0.6) is 0 Å². The molecule has 18 heavy (non-hydrogen) atoms. The van der Waals surface area contributed by atoms with Crippen molar-refractivity contribution < 1.29 is 14.3 Å². The largest absolute Gasteiger partial charge is 0.381 e. The molecule has 2 rings (SSSR count). The van der Waals surface area contributed by atoms with Crippen molar-refractivity contribution in [1.82, 2.24) is 10.2 Å². The normalized spacial score (nSPS) is 31.2. The Morgan fingerprint density at radius 1 is 1.39 bits per heavy atom. The van der Waals surface area contributed by atoms with Crippen molar-refractivity contribution in [2.24, 2.45) is 5.92 Å². The van der Waals surface area contributed by atoms with Gasteiger partial charge in [0.2, 0.25) is 0 Å². The highest BCUT2D eigenvalue weighted by Crippen LogP contribution is 2.22. The fourth-order valence-corrected chi connectivity index (χ4v) is 2.80. The average molecular weight is 256 g/mol. The smallest absolute Gasteiger partial charge is 0.253 e. The monoisotopic (exact) mass is 256 g/mol. The quantitative estimate of drug-likeness (QED) is 0.786. The van der Waals surface area contributed by atoms with Crippen molar-refractivity contribution >= 4 is 5.91 Å². The summed E-state index contributed by atoms with van der Waals surface area (Å²) in [5.41, 5.74) is -0.696. The first-order valence-corrected chi connectivity index (χ1v) is 6.80. The molecule has 1 N–H and O–H groups in total. The summed E-state index contributed by atoms with van der Waals surface area (Å²) < 4.78 is 11.0. The maximum Gasteiger partial charge on any atom is 0.253 e. The Morgan fingerprint density at radius 3 is 2.78 bits per heavy atom. The van der Waals surface area contributed by atoms with E-state index >= 15 is 0 Å². The van der Waals surface area contributed by atoms with Crippen LogP contribution >= 0.6 is 0 Å². The van der Waals surface area contributed by atoms with Crippen LogP contribution in [0.1, 0.15) is 19.8 Å². The summed E-state index contributed by atoms with van der Waals surface area (Å²) in [5.74, 6) is 0.671. The molecule has 5 nitrogen and oxygen atoms in total. The highest BCUT2D eigenvalue weighted by Gasteiger charge is 2.39. The van der Waals surface area contributed by atoms with Crippen molar-refractivity contribution in [2.45, 2.75) is 25.4 Å². The molecule has 104 valence electrons. The summed E-state index contributed by atoms with van der Waals surface area (Å²) in [7, 11) is 1.66. The second kappa shape index (κ2) is 5.99. The predicted octanol–water partition coefficient (Wildman–Crippen LogP) is 0.250. The summed E-state index contributed by atoms with van der Waals surface area (Å²) in [5, 5.41) is 2.69. The van der Waals surface area contributed by atoms with E-state index in [1.807, 2.05) is 6.92 Å². The number of nitrogens with one attached hydrogen (secondary N) is 1. The molecule has 0 aromatic heterocycles. The zero-order valence-electron chi connectivity index (χ0n) is 11.4. The molecule has 1 amide bonds. The second-order valence-corrected chi connectivity index (χ2v) is 5.45. The van der Waals surface area contributed by atoms with Gasteiger partial charge in [-0.15, -0.1) is 0 Å². The second-order valence-electron chi connectivity index (χ2n) is 5.45. The zero-order valence-corrected chi connectivity index (χ0v) is 11.4. The third kappa shape index (κ3) is 3.22. The number of carbonyl (C=O) groups is 1. The lowest BCUT2D eigenvalue weighted by Gasteiger charge is -2.40. The summed E-state index contributed by atoms with van der Waals surface area (Å²) in [6, 6.07) is 0. The van der Waals surface area contributed by atoms with Gasteiger partial charge >= 0.3 is 0 Å². The van der Waals surface area contributed by atoms with E-state index in [-0.39, 0.29) is 5.91 Å². The molecule has 1 atom stereocenters. The van der Waals surface area contributed by atoms with E-state index in [9.17, 15) is 4.79 Å². The van der Waals surface area contributed by atoms with Crippen LogP contribution in [0.15, 0.2) is 0 Å². The molecule has 0 aromatic rings. The van der Waals surface area contributed by atoms with Crippen LogP contribution < -0.4 is 5.32 Å². The Bertz CT molecular complexity index is 292. The van der Waals surface area contributed by atoms with Gasteiger partial charge in [-0.05, 0) is 25.7 Å². The lowest BCUT2D eigenvalue weighted by Crippen LogP contribution is -2.58. The average Bonchev–Trinajstić information content (AvgIpc) is 2.39. The number of ether oxygens (including phenoxy) is 2. The van der Waals surface area contributed by atoms with Gasteiger partial charge in [-0.25, -0.2) is 0 Å². The van der Waals surface area contributed by atoms with Crippen LogP contribution in [0.4, 0.5) is 0 Å². The van der Waals surface area contributed by atoms with E-state index in [2.05, 4.69) is 10.2 Å². The third-order valence-corrected chi connectivity index (χ3v) is 3.92. The van der Waals surface area contributed by atoms with Crippen LogP contribution in [0, 0.1) is 5.92 Å². The van der Waals surface area contributed by atoms with Crippen LogP contribution in [-0.2, 0) is 14.3 Å². The van der Waals surface area contributed by atoms with Gasteiger partial charge in [0.25, 0.3) is 5.91 Å². The van der Waals surface area contributed by atoms with Crippen molar-refractivity contribution in [1.29, 1.82) is 0 Å². The van der Waals surface area contributed by atoms with Crippen molar-refractivity contribution in [2.75, 3.05) is 46.5 Å². The van der Waals surface area contributed by atoms with Crippen LogP contribution in [0.2, 0.25) is 0 Å². The minimum absolute atomic E-state index is 0.0285. The fraction of sp³-hybridized carbons (Fsp3) is 0.923. The number of likely N-dealkylation sites (N-methyl/N-ethyl adjacent to an activating group) is 1. The molecule has 2 aliphatic heterocycles.